The number of phenolic OH excluding ortho intramolecular Hbond substituents is 1. The summed E-state index contributed by atoms with van der Waals surface area (Å²) in [5.41, 5.74) is -3.07. The smallest absolute Gasteiger partial charge is 0.186 e. The quantitative estimate of drug-likeness (QED) is 0.862. The van der Waals surface area contributed by atoms with Crippen LogP contribution in [0.3, 0.4) is 0 Å². The van der Waals surface area contributed by atoms with Crippen LogP contribution in [0, 0.1) is 5.41 Å². The third-order valence-corrected chi connectivity index (χ3v) is 5.00. The van der Waals surface area contributed by atoms with Gasteiger partial charge in [-0.15, -0.1) is 0 Å². The van der Waals surface area contributed by atoms with Gasteiger partial charge >= 0.3 is 0 Å². The molecule has 0 bridgehead atoms. The molecule has 6 heteroatoms. The van der Waals surface area contributed by atoms with E-state index in [0.29, 0.717) is 5.56 Å². The van der Waals surface area contributed by atoms with E-state index in [-0.39, 0.29) is 17.1 Å². The first kappa shape index (κ1) is 20.0. The van der Waals surface area contributed by atoms with E-state index in [1.54, 1.807) is 18.2 Å². The van der Waals surface area contributed by atoms with Crippen LogP contribution in [0.4, 0.5) is 0 Å². The van der Waals surface area contributed by atoms with Crippen LogP contribution >= 0.6 is 0 Å². The highest BCUT2D eigenvalue weighted by molar-refractivity contribution is 5.89. The maximum atomic E-state index is 11.6. The molecule has 0 fully saturated rings. The lowest BCUT2D eigenvalue weighted by molar-refractivity contribution is -0.299. The minimum atomic E-state index is -1.42. The predicted octanol–water partition coefficient (Wildman–Crippen LogP) is 1.89. The molecule has 1 aliphatic rings. The minimum Gasteiger partial charge on any atom is -0.545 e. The number of hydrogen-bond donors (Lipinski definition) is 1. The zero-order valence-electron chi connectivity index (χ0n) is 16.0. The SMILES string of the molecule is COC1=CC(C(=O)[O-])=CC(OC)(C(C)(C)C)C1(OC)c1ccccc1O. The Morgan fingerprint density at radius 2 is 1.73 bits per heavy atom. The zero-order chi connectivity index (χ0) is 19.8. The van der Waals surface area contributed by atoms with Crippen molar-refractivity contribution in [1.29, 1.82) is 0 Å². The van der Waals surface area contributed by atoms with Crippen LogP contribution in [0.1, 0.15) is 26.3 Å². The Kier molecular flexibility index (Phi) is 5.21. The highest BCUT2D eigenvalue weighted by atomic mass is 16.6. The number of carbonyl (C=O) groups excluding carboxylic acids is 1. The number of aliphatic carboxylic acids is 1. The van der Waals surface area contributed by atoms with Gasteiger partial charge in [-0.25, -0.2) is 0 Å². The lowest BCUT2D eigenvalue weighted by atomic mass is 9.60. The van der Waals surface area contributed by atoms with Crippen molar-refractivity contribution in [2.45, 2.75) is 32.0 Å². The van der Waals surface area contributed by atoms with Crippen molar-refractivity contribution in [1.82, 2.24) is 0 Å². The van der Waals surface area contributed by atoms with Crippen LogP contribution in [-0.4, -0.2) is 38.0 Å². The summed E-state index contributed by atoms with van der Waals surface area (Å²) in [6.07, 6.45) is 2.81. The summed E-state index contributed by atoms with van der Waals surface area (Å²) >= 11 is 0. The second kappa shape index (κ2) is 6.78. The van der Waals surface area contributed by atoms with Crippen molar-refractivity contribution in [2.75, 3.05) is 21.3 Å². The largest absolute Gasteiger partial charge is 0.545 e. The molecule has 0 aliphatic heterocycles. The fourth-order valence-electron chi connectivity index (χ4n) is 3.83. The summed E-state index contributed by atoms with van der Waals surface area (Å²) in [6, 6.07) is 6.67. The van der Waals surface area contributed by atoms with E-state index < -0.39 is 22.6 Å². The molecule has 2 rings (SSSR count). The Labute approximate surface area is 153 Å². The van der Waals surface area contributed by atoms with E-state index >= 15 is 0 Å². The van der Waals surface area contributed by atoms with Gasteiger partial charge in [-0.05, 0) is 29.2 Å². The molecule has 6 nitrogen and oxygen atoms in total. The molecular weight excluding hydrogens is 336 g/mol. The van der Waals surface area contributed by atoms with Crippen molar-refractivity contribution in [3.63, 3.8) is 0 Å². The van der Waals surface area contributed by atoms with Gasteiger partial charge < -0.3 is 29.2 Å². The standard InChI is InChI=1S/C20H26O6/c1-18(2,3)19(25-5)12-13(17(22)23)11-16(24-4)20(19,26-6)14-9-7-8-10-15(14)21/h7-12,21H,1-6H3,(H,22,23)/p-1. The van der Waals surface area contributed by atoms with Crippen LogP contribution in [0.2, 0.25) is 0 Å². The first-order valence-corrected chi connectivity index (χ1v) is 8.20. The molecule has 2 atom stereocenters. The molecule has 0 radical (unpaired) electrons. The monoisotopic (exact) mass is 361 g/mol. The van der Waals surface area contributed by atoms with Crippen LogP contribution < -0.4 is 5.11 Å². The molecule has 0 aromatic heterocycles. The van der Waals surface area contributed by atoms with Crippen molar-refractivity contribution in [3.05, 3.63) is 53.3 Å². The van der Waals surface area contributed by atoms with Gasteiger partial charge in [-0.2, -0.15) is 0 Å². The molecule has 1 N–H and O–H groups in total. The minimum absolute atomic E-state index is 0.0201. The summed E-state index contributed by atoms with van der Waals surface area (Å²) in [5, 5.41) is 22.2. The summed E-state index contributed by atoms with van der Waals surface area (Å²) in [5.74, 6) is -1.18. The van der Waals surface area contributed by atoms with Crippen molar-refractivity contribution < 1.29 is 29.2 Å². The van der Waals surface area contributed by atoms with Gasteiger partial charge in [-0.3, -0.25) is 0 Å². The molecule has 2 unspecified atom stereocenters. The normalized spacial score (nSPS) is 26.1. The lowest BCUT2D eigenvalue weighted by Gasteiger charge is -2.55. The number of phenols is 1. The second-order valence-corrected chi connectivity index (χ2v) is 7.19. The predicted molar refractivity (Wildman–Crippen MR) is 94.2 cm³/mol. The maximum Gasteiger partial charge on any atom is 0.186 e. The van der Waals surface area contributed by atoms with Crippen LogP contribution in [0.5, 0.6) is 5.75 Å². The van der Waals surface area contributed by atoms with Gasteiger partial charge in [0.2, 0.25) is 0 Å². The molecule has 1 aliphatic carbocycles. The van der Waals surface area contributed by atoms with Crippen LogP contribution in [0.25, 0.3) is 0 Å². The Bertz CT molecular complexity index is 758. The van der Waals surface area contributed by atoms with Gasteiger partial charge in [0.1, 0.15) is 17.1 Å². The average Bonchev–Trinajstić information content (AvgIpc) is 2.59. The summed E-state index contributed by atoms with van der Waals surface area (Å²) in [7, 11) is 4.36. The molecule has 0 saturated carbocycles. The fourth-order valence-corrected chi connectivity index (χ4v) is 3.83. The number of methoxy groups -OCH3 is 3. The van der Waals surface area contributed by atoms with E-state index in [4.69, 9.17) is 14.2 Å². The number of ether oxygens (including phenoxy) is 3. The van der Waals surface area contributed by atoms with Crippen LogP contribution in [0.15, 0.2) is 47.7 Å². The molecule has 142 valence electrons. The third-order valence-electron chi connectivity index (χ3n) is 5.00. The molecular formula is C20H25O6-. The van der Waals surface area contributed by atoms with Gasteiger partial charge in [-0.1, -0.05) is 39.0 Å². The molecule has 1 aromatic carbocycles. The van der Waals surface area contributed by atoms with Crippen molar-refractivity contribution >= 4 is 5.97 Å². The number of rotatable bonds is 5. The Balaban J connectivity index is 3.01. The van der Waals surface area contributed by atoms with Crippen molar-refractivity contribution in [2.24, 2.45) is 5.41 Å². The summed E-state index contributed by atoms with van der Waals surface area (Å²) in [6.45, 7) is 5.69. The van der Waals surface area contributed by atoms with E-state index in [0.717, 1.165) is 0 Å². The first-order chi connectivity index (χ1) is 12.1. The molecule has 0 spiro atoms. The molecule has 26 heavy (non-hydrogen) atoms. The average molecular weight is 361 g/mol. The second-order valence-electron chi connectivity index (χ2n) is 7.19. The number of carbonyl (C=O) groups is 1. The van der Waals surface area contributed by atoms with Crippen molar-refractivity contribution in [3.8, 4) is 5.75 Å². The molecule has 1 aromatic rings. The number of hydrogen-bond acceptors (Lipinski definition) is 6. The first-order valence-electron chi connectivity index (χ1n) is 8.20. The topological polar surface area (TPSA) is 88.1 Å². The number of para-hydroxylation sites is 1. The van der Waals surface area contributed by atoms with E-state index in [9.17, 15) is 15.0 Å². The lowest BCUT2D eigenvalue weighted by Crippen LogP contribution is -2.63. The zero-order valence-corrected chi connectivity index (χ0v) is 16.0. The summed E-state index contributed by atoms with van der Waals surface area (Å²) < 4.78 is 17.5. The third kappa shape index (κ3) is 2.61. The Morgan fingerprint density at radius 3 is 2.15 bits per heavy atom. The Morgan fingerprint density at radius 1 is 1.12 bits per heavy atom. The fraction of sp³-hybridized carbons (Fsp3) is 0.450. The van der Waals surface area contributed by atoms with Gasteiger partial charge in [0.05, 0.1) is 13.1 Å². The molecule has 0 saturated heterocycles. The highest BCUT2D eigenvalue weighted by Gasteiger charge is 2.64. The van der Waals surface area contributed by atoms with E-state index in [1.165, 1.54) is 39.5 Å². The van der Waals surface area contributed by atoms with Gasteiger partial charge in [0.15, 0.2) is 5.60 Å². The van der Waals surface area contributed by atoms with Gasteiger partial charge in [0, 0.05) is 19.8 Å². The number of carboxylic acid groups (broad SMARTS) is 1. The van der Waals surface area contributed by atoms with Crippen LogP contribution in [-0.2, 0) is 24.6 Å². The summed E-state index contributed by atoms with van der Waals surface area (Å²) in [4.78, 5) is 11.6. The molecule has 0 amide bonds. The Hall–Kier alpha value is -2.31. The van der Waals surface area contributed by atoms with Gasteiger partial charge in [0.25, 0.3) is 0 Å². The number of aromatic hydroxyl groups is 1. The number of carboxylic acids is 1. The maximum absolute atomic E-state index is 11.6. The number of benzene rings is 1. The van der Waals surface area contributed by atoms with E-state index in [1.807, 2.05) is 20.8 Å². The van der Waals surface area contributed by atoms with E-state index in [2.05, 4.69) is 0 Å². The highest BCUT2D eigenvalue weighted by Crippen LogP contribution is 2.57. The molecule has 0 heterocycles.